The molecule has 3 rings (SSSR count). The number of nitrogens with one attached hydrogen (secondary N) is 1. The number of carbonyl (C=O) groups is 2. The lowest BCUT2D eigenvalue weighted by Crippen LogP contribution is -2.15. The minimum atomic E-state index is -0.576. The first-order chi connectivity index (χ1) is 14.5. The smallest absolute Gasteiger partial charge is 0.343 e. The molecule has 3 aromatic rings. The van der Waals surface area contributed by atoms with Gasteiger partial charge in [0, 0.05) is 17.1 Å². The van der Waals surface area contributed by atoms with E-state index in [1.54, 1.807) is 6.92 Å². The number of carbonyl (C=O) groups excluding carboxylic acids is 2. The second-order valence-corrected chi connectivity index (χ2v) is 7.90. The van der Waals surface area contributed by atoms with Gasteiger partial charge in [0.25, 0.3) is 0 Å². The normalized spacial score (nSPS) is 10.6. The van der Waals surface area contributed by atoms with E-state index in [0.717, 1.165) is 29.4 Å². The SMILES string of the molecule is CCOC(=O)c1cnc(SCC(=O)Nc2nc(-c3ccc(CC)cc3)cs2)nc1N. The van der Waals surface area contributed by atoms with Crippen LogP contribution in [0.4, 0.5) is 10.9 Å². The number of amides is 1. The fourth-order valence-corrected chi connectivity index (χ4v) is 3.83. The number of thioether (sulfide) groups is 1. The summed E-state index contributed by atoms with van der Waals surface area (Å²) in [5.41, 5.74) is 8.97. The van der Waals surface area contributed by atoms with Gasteiger partial charge in [-0.15, -0.1) is 11.3 Å². The molecule has 3 N–H and O–H groups in total. The Balaban J connectivity index is 1.55. The van der Waals surface area contributed by atoms with Crippen molar-refractivity contribution in [2.24, 2.45) is 0 Å². The standard InChI is InChI=1S/C20H21N5O3S2/c1-3-12-5-7-13(8-6-12)15-10-29-20(23-15)24-16(26)11-30-19-22-9-14(17(21)25-19)18(27)28-4-2/h5-10H,3-4,11H2,1-2H3,(H2,21,22,25)(H,23,24,26). The zero-order valence-corrected chi connectivity index (χ0v) is 18.2. The number of nitrogens with zero attached hydrogens (tertiary/aromatic N) is 3. The maximum absolute atomic E-state index is 12.2. The summed E-state index contributed by atoms with van der Waals surface area (Å²) in [4.78, 5) is 36.5. The van der Waals surface area contributed by atoms with E-state index in [2.05, 4.69) is 39.3 Å². The Morgan fingerprint density at radius 1 is 1.20 bits per heavy atom. The van der Waals surface area contributed by atoms with Crippen LogP contribution in [-0.4, -0.2) is 39.2 Å². The number of ether oxygens (including phenoxy) is 1. The molecular weight excluding hydrogens is 422 g/mol. The average Bonchev–Trinajstić information content (AvgIpc) is 3.21. The highest BCUT2D eigenvalue weighted by molar-refractivity contribution is 7.99. The maximum atomic E-state index is 12.2. The monoisotopic (exact) mass is 443 g/mol. The van der Waals surface area contributed by atoms with Gasteiger partial charge >= 0.3 is 5.97 Å². The first-order valence-corrected chi connectivity index (χ1v) is 11.1. The lowest BCUT2D eigenvalue weighted by Gasteiger charge is -2.06. The zero-order chi connectivity index (χ0) is 21.5. The molecule has 0 unspecified atom stereocenters. The van der Waals surface area contributed by atoms with Gasteiger partial charge in [0.1, 0.15) is 11.4 Å². The topological polar surface area (TPSA) is 120 Å². The molecule has 1 amide bonds. The number of hydrogen-bond donors (Lipinski definition) is 2. The molecule has 0 bridgehead atoms. The second kappa shape index (κ2) is 10.2. The average molecular weight is 444 g/mol. The van der Waals surface area contributed by atoms with Gasteiger partial charge in [-0.2, -0.15) is 0 Å². The van der Waals surface area contributed by atoms with Crippen LogP contribution in [0.2, 0.25) is 0 Å². The van der Waals surface area contributed by atoms with Gasteiger partial charge < -0.3 is 15.8 Å². The molecule has 0 spiro atoms. The van der Waals surface area contributed by atoms with Crippen molar-refractivity contribution in [1.29, 1.82) is 0 Å². The summed E-state index contributed by atoms with van der Waals surface area (Å²) in [6.07, 6.45) is 2.29. The number of esters is 1. The van der Waals surface area contributed by atoms with Crippen LogP contribution in [0.3, 0.4) is 0 Å². The van der Waals surface area contributed by atoms with E-state index in [9.17, 15) is 9.59 Å². The summed E-state index contributed by atoms with van der Waals surface area (Å²) in [5.74, 6) is -0.713. The van der Waals surface area contributed by atoms with E-state index in [4.69, 9.17) is 10.5 Å². The molecule has 0 fully saturated rings. The molecule has 0 saturated heterocycles. The molecule has 2 aromatic heterocycles. The van der Waals surface area contributed by atoms with Crippen LogP contribution >= 0.6 is 23.1 Å². The highest BCUT2D eigenvalue weighted by Gasteiger charge is 2.15. The van der Waals surface area contributed by atoms with Crippen molar-refractivity contribution in [3.63, 3.8) is 0 Å². The van der Waals surface area contributed by atoms with Crippen molar-refractivity contribution in [2.45, 2.75) is 25.4 Å². The molecule has 0 aliphatic carbocycles. The molecular formula is C20H21N5O3S2. The van der Waals surface area contributed by atoms with Gasteiger partial charge in [0.15, 0.2) is 10.3 Å². The summed E-state index contributed by atoms with van der Waals surface area (Å²) in [6.45, 7) is 4.04. The quantitative estimate of drug-likeness (QED) is 0.307. The summed E-state index contributed by atoms with van der Waals surface area (Å²) in [7, 11) is 0. The van der Waals surface area contributed by atoms with E-state index >= 15 is 0 Å². The Labute approximate surface area is 182 Å². The number of hydrogen-bond acceptors (Lipinski definition) is 9. The molecule has 0 aliphatic rings. The molecule has 8 nitrogen and oxygen atoms in total. The van der Waals surface area contributed by atoms with E-state index < -0.39 is 5.97 Å². The van der Waals surface area contributed by atoms with Crippen LogP contribution in [0, 0.1) is 0 Å². The van der Waals surface area contributed by atoms with Gasteiger partial charge in [0.2, 0.25) is 5.91 Å². The van der Waals surface area contributed by atoms with Crippen molar-refractivity contribution in [3.8, 4) is 11.3 Å². The number of anilines is 2. The number of thiazole rings is 1. The second-order valence-electron chi connectivity index (χ2n) is 6.10. The highest BCUT2D eigenvalue weighted by atomic mass is 32.2. The van der Waals surface area contributed by atoms with Gasteiger partial charge in [-0.05, 0) is 18.9 Å². The predicted octanol–water partition coefficient (Wildman–Crippen LogP) is 3.65. The Bertz CT molecular complexity index is 1040. The number of aryl methyl sites for hydroxylation is 1. The van der Waals surface area contributed by atoms with Crippen LogP contribution < -0.4 is 11.1 Å². The van der Waals surface area contributed by atoms with Crippen molar-refractivity contribution in [1.82, 2.24) is 15.0 Å². The Morgan fingerprint density at radius 3 is 2.63 bits per heavy atom. The van der Waals surface area contributed by atoms with E-state index in [1.807, 2.05) is 17.5 Å². The van der Waals surface area contributed by atoms with Crippen molar-refractivity contribution in [2.75, 3.05) is 23.4 Å². The van der Waals surface area contributed by atoms with Gasteiger partial charge in [0.05, 0.1) is 18.1 Å². The third-order valence-corrected chi connectivity index (χ3v) is 5.65. The van der Waals surface area contributed by atoms with Crippen LogP contribution in [0.1, 0.15) is 29.8 Å². The van der Waals surface area contributed by atoms with Gasteiger partial charge in [-0.3, -0.25) is 4.79 Å². The Hall–Kier alpha value is -2.98. The molecule has 0 radical (unpaired) electrons. The summed E-state index contributed by atoms with van der Waals surface area (Å²) >= 11 is 2.48. The first kappa shape index (κ1) is 21.7. The number of nitrogens with two attached hydrogens (primary N) is 1. The molecule has 1 aromatic carbocycles. The largest absolute Gasteiger partial charge is 0.462 e. The molecule has 0 atom stereocenters. The number of nitrogen functional groups attached to an aromatic ring is 1. The van der Waals surface area contributed by atoms with Crippen LogP contribution in [0.15, 0.2) is 41.0 Å². The lowest BCUT2D eigenvalue weighted by molar-refractivity contribution is -0.113. The first-order valence-electron chi connectivity index (χ1n) is 9.27. The van der Waals surface area contributed by atoms with Gasteiger partial charge in [-0.1, -0.05) is 43.0 Å². The van der Waals surface area contributed by atoms with E-state index in [0.29, 0.717) is 10.3 Å². The van der Waals surface area contributed by atoms with Crippen LogP contribution in [0.5, 0.6) is 0 Å². The van der Waals surface area contributed by atoms with E-state index in [-0.39, 0.29) is 29.6 Å². The zero-order valence-electron chi connectivity index (χ0n) is 16.5. The third kappa shape index (κ3) is 5.55. The van der Waals surface area contributed by atoms with Crippen molar-refractivity contribution in [3.05, 3.63) is 47.0 Å². The summed E-state index contributed by atoms with van der Waals surface area (Å²) in [5, 5.41) is 5.50. The van der Waals surface area contributed by atoms with Crippen molar-refractivity contribution >= 4 is 45.9 Å². The fourth-order valence-electron chi connectivity index (χ4n) is 2.47. The fraction of sp³-hybridized carbons (Fsp3) is 0.250. The third-order valence-electron chi connectivity index (χ3n) is 4.03. The predicted molar refractivity (Wildman–Crippen MR) is 119 cm³/mol. The molecule has 0 aliphatic heterocycles. The summed E-state index contributed by atoms with van der Waals surface area (Å²) in [6, 6.07) is 8.19. The van der Waals surface area contributed by atoms with Gasteiger partial charge in [-0.25, -0.2) is 19.7 Å². The number of aromatic nitrogens is 3. The number of rotatable bonds is 8. The van der Waals surface area contributed by atoms with Crippen molar-refractivity contribution < 1.29 is 14.3 Å². The molecule has 2 heterocycles. The summed E-state index contributed by atoms with van der Waals surface area (Å²) < 4.78 is 4.88. The Kier molecular flexibility index (Phi) is 7.36. The number of benzene rings is 1. The minimum Gasteiger partial charge on any atom is -0.462 e. The lowest BCUT2D eigenvalue weighted by atomic mass is 10.1. The minimum absolute atomic E-state index is 0.0185. The molecule has 10 heteroatoms. The molecule has 0 saturated carbocycles. The molecule has 30 heavy (non-hydrogen) atoms. The van der Waals surface area contributed by atoms with Crippen LogP contribution in [-0.2, 0) is 16.0 Å². The van der Waals surface area contributed by atoms with E-state index in [1.165, 1.54) is 23.1 Å². The highest BCUT2D eigenvalue weighted by Crippen LogP contribution is 2.25. The van der Waals surface area contributed by atoms with Crippen LogP contribution in [0.25, 0.3) is 11.3 Å². The molecule has 156 valence electrons. The maximum Gasteiger partial charge on any atom is 0.343 e. The Morgan fingerprint density at radius 2 is 1.97 bits per heavy atom.